The number of nitrogens with two attached hydrogens (primary N) is 1. The molecule has 0 bridgehead atoms. The van der Waals surface area contributed by atoms with E-state index in [4.69, 9.17) is 5.73 Å². The molecule has 0 fully saturated rings. The topological polar surface area (TPSA) is 55.1 Å². The van der Waals surface area contributed by atoms with E-state index in [0.29, 0.717) is 12.1 Å². The minimum atomic E-state index is -4.84. The molecule has 0 spiro atoms. The summed E-state index contributed by atoms with van der Waals surface area (Å²) in [5, 5.41) is 1.89. The zero-order valence-corrected chi connectivity index (χ0v) is 9.21. The highest BCUT2D eigenvalue weighted by Crippen LogP contribution is 2.15. The zero-order chi connectivity index (χ0) is 13.1. The van der Waals surface area contributed by atoms with Gasteiger partial charge in [0.05, 0.1) is 0 Å². The van der Waals surface area contributed by atoms with Crippen molar-refractivity contribution in [2.24, 2.45) is 0 Å². The average molecular weight is 246 g/mol. The van der Waals surface area contributed by atoms with Gasteiger partial charge in [0, 0.05) is 11.7 Å². The number of benzene rings is 1. The van der Waals surface area contributed by atoms with Crippen LogP contribution in [0, 0.1) is 0 Å². The Bertz CT molecular complexity index is 387. The van der Waals surface area contributed by atoms with Gasteiger partial charge in [-0.2, -0.15) is 13.2 Å². The number of nitrogens with one attached hydrogen (secondary N) is 1. The molecule has 0 aliphatic rings. The van der Waals surface area contributed by atoms with Gasteiger partial charge >= 0.3 is 12.1 Å². The number of anilines is 1. The monoisotopic (exact) mass is 246 g/mol. The Morgan fingerprint density at radius 2 is 1.88 bits per heavy atom. The van der Waals surface area contributed by atoms with Crippen molar-refractivity contribution in [2.75, 3.05) is 5.73 Å². The molecular weight excluding hydrogens is 233 g/mol. The highest BCUT2D eigenvalue weighted by Gasteiger charge is 2.39. The van der Waals surface area contributed by atoms with Crippen molar-refractivity contribution in [2.45, 2.75) is 25.6 Å². The Kier molecular flexibility index (Phi) is 3.98. The Morgan fingerprint density at radius 3 is 2.35 bits per heavy atom. The Balaban J connectivity index is 2.53. The smallest absolute Gasteiger partial charge is 0.399 e. The third kappa shape index (κ3) is 4.34. The molecule has 0 aromatic heterocycles. The first-order valence-corrected chi connectivity index (χ1v) is 5.01. The van der Waals surface area contributed by atoms with E-state index in [1.54, 1.807) is 24.3 Å². The SMILES string of the molecule is C[C@H](Cc1ccc(N)cc1)NC(=O)C(F)(F)F. The summed E-state index contributed by atoms with van der Waals surface area (Å²) in [6.45, 7) is 1.51. The van der Waals surface area contributed by atoms with Crippen LogP contribution in [-0.4, -0.2) is 18.1 Å². The van der Waals surface area contributed by atoms with Crippen molar-refractivity contribution in [3.05, 3.63) is 29.8 Å². The molecule has 1 atom stereocenters. The number of nitrogen functional groups attached to an aromatic ring is 1. The second-order valence-electron chi connectivity index (χ2n) is 3.82. The molecule has 0 heterocycles. The second kappa shape index (κ2) is 5.07. The number of carbonyl (C=O) groups excluding carboxylic acids is 1. The van der Waals surface area contributed by atoms with Gasteiger partial charge in [0.15, 0.2) is 0 Å². The number of alkyl halides is 3. The lowest BCUT2D eigenvalue weighted by atomic mass is 10.1. The predicted octanol–water partition coefficient (Wildman–Crippen LogP) is 1.88. The van der Waals surface area contributed by atoms with Gasteiger partial charge in [0.2, 0.25) is 0 Å². The van der Waals surface area contributed by atoms with E-state index in [1.807, 2.05) is 5.32 Å². The largest absolute Gasteiger partial charge is 0.471 e. The van der Waals surface area contributed by atoms with Crippen LogP contribution in [0.5, 0.6) is 0 Å². The van der Waals surface area contributed by atoms with Crippen LogP contribution in [0.1, 0.15) is 12.5 Å². The first-order valence-electron chi connectivity index (χ1n) is 5.01. The number of carbonyl (C=O) groups is 1. The fourth-order valence-corrected chi connectivity index (χ4v) is 1.36. The normalized spacial score (nSPS) is 13.2. The lowest BCUT2D eigenvalue weighted by molar-refractivity contribution is -0.174. The third-order valence-corrected chi connectivity index (χ3v) is 2.16. The van der Waals surface area contributed by atoms with Gasteiger partial charge in [0.1, 0.15) is 0 Å². The van der Waals surface area contributed by atoms with Crippen LogP contribution in [0.2, 0.25) is 0 Å². The van der Waals surface area contributed by atoms with Crippen LogP contribution in [0.4, 0.5) is 18.9 Å². The Hall–Kier alpha value is -1.72. The van der Waals surface area contributed by atoms with Crippen molar-refractivity contribution in [1.82, 2.24) is 5.32 Å². The van der Waals surface area contributed by atoms with Crippen LogP contribution < -0.4 is 11.1 Å². The standard InChI is InChI=1S/C11H13F3N2O/c1-7(16-10(17)11(12,13)14)6-8-2-4-9(15)5-3-8/h2-5,7H,6,15H2,1H3,(H,16,17)/t7-/m1/s1. The average Bonchev–Trinajstić information content (AvgIpc) is 2.20. The molecule has 1 aromatic rings. The quantitative estimate of drug-likeness (QED) is 0.800. The minimum Gasteiger partial charge on any atom is -0.399 e. The molecule has 17 heavy (non-hydrogen) atoms. The summed E-state index contributed by atoms with van der Waals surface area (Å²) in [6.07, 6.45) is -4.52. The molecule has 0 aliphatic heterocycles. The highest BCUT2D eigenvalue weighted by atomic mass is 19.4. The highest BCUT2D eigenvalue weighted by molar-refractivity contribution is 5.81. The molecule has 0 unspecified atom stereocenters. The van der Waals surface area contributed by atoms with Crippen LogP contribution in [0.25, 0.3) is 0 Å². The molecule has 3 nitrogen and oxygen atoms in total. The van der Waals surface area contributed by atoms with Crippen molar-refractivity contribution in [3.63, 3.8) is 0 Å². The maximum absolute atomic E-state index is 12.0. The summed E-state index contributed by atoms with van der Waals surface area (Å²) < 4.78 is 35.9. The van der Waals surface area contributed by atoms with Gasteiger partial charge in [-0.05, 0) is 31.0 Å². The summed E-state index contributed by atoms with van der Waals surface area (Å²) in [4.78, 5) is 10.7. The third-order valence-electron chi connectivity index (χ3n) is 2.16. The molecule has 3 N–H and O–H groups in total. The molecule has 1 rings (SSSR count). The van der Waals surface area contributed by atoms with Crippen molar-refractivity contribution < 1.29 is 18.0 Å². The minimum absolute atomic E-state index is 0.322. The van der Waals surface area contributed by atoms with Gasteiger partial charge in [-0.25, -0.2) is 0 Å². The van der Waals surface area contributed by atoms with E-state index < -0.39 is 18.1 Å². The fourth-order valence-electron chi connectivity index (χ4n) is 1.36. The number of rotatable bonds is 3. The van der Waals surface area contributed by atoms with Crippen LogP contribution in [0.15, 0.2) is 24.3 Å². The Morgan fingerprint density at radius 1 is 1.35 bits per heavy atom. The summed E-state index contributed by atoms with van der Waals surface area (Å²) in [5.41, 5.74) is 6.87. The molecule has 0 saturated carbocycles. The van der Waals surface area contributed by atoms with Crippen molar-refractivity contribution in [3.8, 4) is 0 Å². The Labute approximate surface area is 96.8 Å². The van der Waals surface area contributed by atoms with Gasteiger partial charge in [-0.15, -0.1) is 0 Å². The van der Waals surface area contributed by atoms with Crippen LogP contribution >= 0.6 is 0 Å². The maximum Gasteiger partial charge on any atom is 0.471 e. The number of amides is 1. The first-order chi connectivity index (χ1) is 7.79. The van der Waals surface area contributed by atoms with E-state index in [0.717, 1.165) is 5.56 Å². The molecule has 0 radical (unpaired) electrons. The zero-order valence-electron chi connectivity index (χ0n) is 9.21. The molecule has 6 heteroatoms. The fraction of sp³-hybridized carbons (Fsp3) is 0.364. The van der Waals surface area contributed by atoms with Gasteiger partial charge in [-0.3, -0.25) is 4.79 Å². The lowest BCUT2D eigenvalue weighted by Crippen LogP contribution is -2.42. The van der Waals surface area contributed by atoms with E-state index in [2.05, 4.69) is 0 Å². The van der Waals surface area contributed by atoms with Gasteiger partial charge in [0.25, 0.3) is 0 Å². The van der Waals surface area contributed by atoms with Crippen LogP contribution in [0.3, 0.4) is 0 Å². The summed E-state index contributed by atoms with van der Waals surface area (Å²) in [5.74, 6) is -1.92. The summed E-state index contributed by atoms with van der Waals surface area (Å²) in [6, 6.07) is 6.16. The van der Waals surface area contributed by atoms with Crippen molar-refractivity contribution >= 4 is 11.6 Å². The van der Waals surface area contributed by atoms with Crippen molar-refractivity contribution in [1.29, 1.82) is 0 Å². The van der Waals surface area contributed by atoms with E-state index >= 15 is 0 Å². The van der Waals surface area contributed by atoms with E-state index in [9.17, 15) is 18.0 Å². The van der Waals surface area contributed by atoms with Gasteiger partial charge < -0.3 is 11.1 Å². The van der Waals surface area contributed by atoms with Gasteiger partial charge in [-0.1, -0.05) is 12.1 Å². The maximum atomic E-state index is 12.0. The molecule has 94 valence electrons. The van der Waals surface area contributed by atoms with E-state index in [-0.39, 0.29) is 0 Å². The summed E-state index contributed by atoms with van der Waals surface area (Å²) >= 11 is 0. The first kappa shape index (κ1) is 13.3. The van der Waals surface area contributed by atoms with E-state index in [1.165, 1.54) is 6.92 Å². The van der Waals surface area contributed by atoms with Crippen LogP contribution in [-0.2, 0) is 11.2 Å². The predicted molar refractivity (Wildman–Crippen MR) is 58.2 cm³/mol. The lowest BCUT2D eigenvalue weighted by Gasteiger charge is -2.15. The number of hydrogen-bond acceptors (Lipinski definition) is 2. The molecule has 0 saturated heterocycles. The molecular formula is C11H13F3N2O. The number of halogens is 3. The molecule has 1 aromatic carbocycles. The summed E-state index contributed by atoms with van der Waals surface area (Å²) in [7, 11) is 0. The molecule has 0 aliphatic carbocycles. The molecule has 1 amide bonds. The number of hydrogen-bond donors (Lipinski definition) is 2. The second-order valence-corrected chi connectivity index (χ2v) is 3.82.